The summed E-state index contributed by atoms with van der Waals surface area (Å²) < 4.78 is 29.0. The number of rotatable bonds is 7. The molecule has 8 nitrogen and oxygen atoms in total. The van der Waals surface area contributed by atoms with Gasteiger partial charge in [0.05, 0.1) is 5.75 Å². The highest BCUT2D eigenvalue weighted by Crippen LogP contribution is 2.37. The van der Waals surface area contributed by atoms with Gasteiger partial charge in [-0.3, -0.25) is 0 Å². The van der Waals surface area contributed by atoms with E-state index in [0.29, 0.717) is 29.9 Å². The highest BCUT2D eigenvalue weighted by Gasteiger charge is 2.20. The van der Waals surface area contributed by atoms with Gasteiger partial charge in [0, 0.05) is 15.0 Å². The average molecular weight is 544 g/mol. The lowest BCUT2D eigenvalue weighted by atomic mass is 10.1. The zero-order valence-corrected chi connectivity index (χ0v) is 19.6. The second-order valence-electron chi connectivity index (χ2n) is 6.86. The molecule has 1 aromatic carbocycles. The standard InChI is InChI=1S/C18H21IN6O2S2/c1-21-29(26,27)7-3-6-25-17-15(16(20)22-10-23-17)24-18(25)28-14-9-12-5-2-4-11(12)8-13(14)19/h8-10,21H,2-7H2,1H3,(H2,20,22,23). The molecule has 1 aliphatic rings. The van der Waals surface area contributed by atoms with Crippen LogP contribution in [0.5, 0.6) is 0 Å². The highest BCUT2D eigenvalue weighted by molar-refractivity contribution is 14.1. The van der Waals surface area contributed by atoms with Crippen LogP contribution in [0, 0.1) is 3.57 Å². The smallest absolute Gasteiger partial charge is 0.211 e. The minimum Gasteiger partial charge on any atom is -0.382 e. The quantitative estimate of drug-likeness (QED) is 0.440. The SMILES string of the molecule is CNS(=O)(=O)CCCn1c(Sc2cc3c(cc2I)CCC3)nc2c(N)ncnc21. The number of sulfonamides is 1. The van der Waals surface area contributed by atoms with Crippen LogP contribution in [0.2, 0.25) is 0 Å². The molecule has 0 unspecified atom stereocenters. The number of nitrogens with one attached hydrogen (secondary N) is 1. The maximum Gasteiger partial charge on any atom is 0.211 e. The summed E-state index contributed by atoms with van der Waals surface area (Å²) in [5.74, 6) is 0.353. The minimum absolute atomic E-state index is 0.0320. The van der Waals surface area contributed by atoms with Crippen LogP contribution < -0.4 is 10.5 Å². The van der Waals surface area contributed by atoms with E-state index >= 15 is 0 Å². The fraction of sp³-hybridized carbons (Fsp3) is 0.389. The van der Waals surface area contributed by atoms with Crippen molar-refractivity contribution in [2.75, 3.05) is 18.5 Å². The van der Waals surface area contributed by atoms with E-state index in [4.69, 9.17) is 5.73 Å². The number of hydrogen-bond donors (Lipinski definition) is 2. The first-order valence-electron chi connectivity index (χ1n) is 9.25. The van der Waals surface area contributed by atoms with Crippen molar-refractivity contribution in [1.82, 2.24) is 24.2 Å². The van der Waals surface area contributed by atoms with Crippen LogP contribution in [-0.2, 0) is 29.4 Å². The van der Waals surface area contributed by atoms with Crippen LogP contribution in [-0.4, -0.2) is 40.7 Å². The fourth-order valence-corrected chi connectivity index (χ4v) is 6.03. The van der Waals surface area contributed by atoms with Crippen molar-refractivity contribution < 1.29 is 8.42 Å². The topological polar surface area (TPSA) is 116 Å². The molecule has 4 rings (SSSR count). The van der Waals surface area contributed by atoms with Crippen molar-refractivity contribution in [2.24, 2.45) is 0 Å². The first-order valence-corrected chi connectivity index (χ1v) is 12.8. The van der Waals surface area contributed by atoms with E-state index in [1.807, 2.05) is 4.57 Å². The molecule has 2 aromatic heterocycles. The predicted octanol–water partition coefficient (Wildman–Crippen LogP) is 2.59. The Morgan fingerprint density at radius 2 is 2.03 bits per heavy atom. The molecule has 3 N–H and O–H groups in total. The van der Waals surface area contributed by atoms with Crippen molar-refractivity contribution >= 4 is 61.4 Å². The second kappa shape index (κ2) is 8.36. The number of anilines is 1. The molecule has 154 valence electrons. The highest BCUT2D eigenvalue weighted by atomic mass is 127. The molecule has 0 atom stereocenters. The third-order valence-electron chi connectivity index (χ3n) is 4.98. The molecule has 0 radical (unpaired) electrons. The number of aromatic nitrogens is 4. The van der Waals surface area contributed by atoms with Gasteiger partial charge < -0.3 is 10.3 Å². The van der Waals surface area contributed by atoms with Gasteiger partial charge in [-0.1, -0.05) is 11.8 Å². The first kappa shape index (κ1) is 20.8. The Kier molecular flexibility index (Phi) is 6.00. The molecule has 0 saturated heterocycles. The summed E-state index contributed by atoms with van der Waals surface area (Å²) in [5.41, 5.74) is 10.0. The van der Waals surface area contributed by atoms with Crippen molar-refractivity contribution in [2.45, 2.75) is 42.3 Å². The normalized spacial score (nSPS) is 13.9. The molecule has 11 heteroatoms. The molecular formula is C18H21IN6O2S2. The van der Waals surface area contributed by atoms with Crippen LogP contribution in [0.15, 0.2) is 28.5 Å². The number of benzene rings is 1. The van der Waals surface area contributed by atoms with E-state index in [1.165, 1.54) is 34.5 Å². The third kappa shape index (κ3) is 4.37. The van der Waals surface area contributed by atoms with E-state index in [2.05, 4.69) is 54.4 Å². The zero-order chi connectivity index (χ0) is 20.6. The van der Waals surface area contributed by atoms with Gasteiger partial charge in [-0.25, -0.2) is 28.1 Å². The summed E-state index contributed by atoms with van der Waals surface area (Å²) in [4.78, 5) is 14.2. The molecular weight excluding hydrogens is 523 g/mol. The lowest BCUT2D eigenvalue weighted by Crippen LogP contribution is -2.22. The number of nitrogens with zero attached hydrogens (tertiary/aromatic N) is 4. The number of nitrogen functional groups attached to an aromatic ring is 1. The second-order valence-corrected chi connectivity index (χ2v) is 11.1. The maximum absolute atomic E-state index is 11.8. The Morgan fingerprint density at radius 1 is 1.28 bits per heavy atom. The predicted molar refractivity (Wildman–Crippen MR) is 123 cm³/mol. The molecule has 3 aromatic rings. The van der Waals surface area contributed by atoms with Gasteiger partial charge in [0.25, 0.3) is 0 Å². The zero-order valence-electron chi connectivity index (χ0n) is 15.9. The van der Waals surface area contributed by atoms with Crippen LogP contribution in [0.1, 0.15) is 24.0 Å². The van der Waals surface area contributed by atoms with Gasteiger partial charge in [0.15, 0.2) is 22.1 Å². The van der Waals surface area contributed by atoms with Crippen LogP contribution >= 0.6 is 34.4 Å². The van der Waals surface area contributed by atoms with Gasteiger partial charge in [0.2, 0.25) is 10.0 Å². The average Bonchev–Trinajstić information content (AvgIpc) is 3.27. The molecule has 0 fully saturated rings. The molecule has 0 saturated carbocycles. The lowest BCUT2D eigenvalue weighted by molar-refractivity contribution is 0.574. The number of imidazole rings is 1. The summed E-state index contributed by atoms with van der Waals surface area (Å²) in [7, 11) is -1.85. The fourth-order valence-electron chi connectivity index (χ4n) is 3.48. The van der Waals surface area contributed by atoms with E-state index in [0.717, 1.165) is 22.9 Å². The molecule has 1 aliphatic carbocycles. The number of fused-ring (bicyclic) bond motifs is 2. The van der Waals surface area contributed by atoms with E-state index in [9.17, 15) is 8.42 Å². The van der Waals surface area contributed by atoms with E-state index in [1.54, 1.807) is 11.8 Å². The number of nitrogens with two attached hydrogens (primary N) is 1. The van der Waals surface area contributed by atoms with Gasteiger partial charge in [-0.05, 0) is 78.6 Å². The van der Waals surface area contributed by atoms with Crippen LogP contribution in [0.25, 0.3) is 11.2 Å². The lowest BCUT2D eigenvalue weighted by Gasteiger charge is -2.11. The number of halogens is 1. The minimum atomic E-state index is -3.27. The summed E-state index contributed by atoms with van der Waals surface area (Å²) >= 11 is 3.92. The largest absolute Gasteiger partial charge is 0.382 e. The summed E-state index contributed by atoms with van der Waals surface area (Å²) in [6.07, 6.45) is 5.29. The molecule has 2 heterocycles. The first-order chi connectivity index (χ1) is 13.9. The van der Waals surface area contributed by atoms with E-state index in [-0.39, 0.29) is 5.75 Å². The van der Waals surface area contributed by atoms with Crippen LogP contribution in [0.3, 0.4) is 0 Å². The summed E-state index contributed by atoms with van der Waals surface area (Å²) in [5, 5.41) is 0.741. The van der Waals surface area contributed by atoms with Gasteiger partial charge >= 0.3 is 0 Å². The van der Waals surface area contributed by atoms with Gasteiger partial charge in [0.1, 0.15) is 6.33 Å². The van der Waals surface area contributed by atoms with Crippen molar-refractivity contribution in [1.29, 1.82) is 0 Å². The molecule has 29 heavy (non-hydrogen) atoms. The Hall–Kier alpha value is -1.44. The molecule has 0 bridgehead atoms. The molecule has 0 amide bonds. The summed E-state index contributed by atoms with van der Waals surface area (Å²) in [6.45, 7) is 0.470. The Bertz CT molecular complexity index is 1180. The Balaban J connectivity index is 1.69. The maximum atomic E-state index is 11.8. The van der Waals surface area contributed by atoms with Gasteiger partial charge in [-0.2, -0.15) is 0 Å². The van der Waals surface area contributed by atoms with Crippen LogP contribution in [0.4, 0.5) is 5.82 Å². The van der Waals surface area contributed by atoms with E-state index < -0.39 is 10.0 Å². The Morgan fingerprint density at radius 3 is 2.79 bits per heavy atom. The third-order valence-corrected chi connectivity index (χ3v) is 8.74. The monoisotopic (exact) mass is 544 g/mol. The van der Waals surface area contributed by atoms with Crippen molar-refractivity contribution in [3.8, 4) is 0 Å². The number of aryl methyl sites for hydroxylation is 3. The number of hydrogen-bond acceptors (Lipinski definition) is 7. The Labute approximate surface area is 187 Å². The molecule has 0 aliphatic heterocycles. The molecule has 0 spiro atoms. The van der Waals surface area contributed by atoms with Crippen molar-refractivity contribution in [3.05, 3.63) is 33.2 Å². The van der Waals surface area contributed by atoms with Gasteiger partial charge in [-0.15, -0.1) is 0 Å². The van der Waals surface area contributed by atoms with Crippen molar-refractivity contribution in [3.63, 3.8) is 0 Å². The summed E-state index contributed by atoms with van der Waals surface area (Å²) in [6, 6.07) is 4.50.